The molecular formula is C20H32N6O. The number of nitrogens with one attached hydrogen (secondary N) is 2. The van der Waals surface area contributed by atoms with Crippen molar-refractivity contribution in [2.45, 2.75) is 19.4 Å². The third-order valence-electron chi connectivity index (χ3n) is 4.60. The molecule has 1 aromatic heterocycles. The van der Waals surface area contributed by atoms with Gasteiger partial charge in [-0.15, -0.1) is 0 Å². The molecule has 0 saturated carbocycles. The van der Waals surface area contributed by atoms with E-state index in [9.17, 15) is 0 Å². The summed E-state index contributed by atoms with van der Waals surface area (Å²) in [5.41, 5.74) is 3.57. The highest BCUT2D eigenvalue weighted by Crippen LogP contribution is 2.19. The molecule has 0 saturated heterocycles. The van der Waals surface area contributed by atoms with Gasteiger partial charge in [0.15, 0.2) is 5.96 Å². The third-order valence-corrected chi connectivity index (χ3v) is 4.60. The molecule has 0 fully saturated rings. The first-order chi connectivity index (χ1) is 12.9. The van der Waals surface area contributed by atoms with Gasteiger partial charge in [0.1, 0.15) is 5.75 Å². The van der Waals surface area contributed by atoms with Crippen molar-refractivity contribution in [2.24, 2.45) is 12.0 Å². The van der Waals surface area contributed by atoms with Crippen LogP contribution in [0.1, 0.15) is 22.7 Å². The number of guanidine groups is 1. The minimum atomic E-state index is 0.221. The van der Waals surface area contributed by atoms with Crippen molar-refractivity contribution in [3.8, 4) is 5.75 Å². The van der Waals surface area contributed by atoms with E-state index in [-0.39, 0.29) is 6.04 Å². The van der Waals surface area contributed by atoms with Crippen LogP contribution >= 0.6 is 0 Å². The number of aryl methyl sites for hydroxylation is 2. The van der Waals surface area contributed by atoms with Crippen LogP contribution in [0.25, 0.3) is 0 Å². The SMILES string of the molecule is CN=C(NCCc1ccc(C)c(OC)c1)NCC(c1cnn(C)c1)N(C)C. The second-order valence-corrected chi connectivity index (χ2v) is 6.86. The lowest BCUT2D eigenvalue weighted by atomic mass is 10.1. The third kappa shape index (κ3) is 5.99. The van der Waals surface area contributed by atoms with Gasteiger partial charge < -0.3 is 20.3 Å². The van der Waals surface area contributed by atoms with Crippen LogP contribution in [0.15, 0.2) is 35.6 Å². The number of methoxy groups -OCH3 is 1. The molecule has 1 heterocycles. The van der Waals surface area contributed by atoms with Gasteiger partial charge in [0.25, 0.3) is 0 Å². The minimum absolute atomic E-state index is 0.221. The van der Waals surface area contributed by atoms with E-state index in [1.165, 1.54) is 11.1 Å². The molecule has 7 heteroatoms. The van der Waals surface area contributed by atoms with Crippen LogP contribution in [0.5, 0.6) is 5.75 Å². The summed E-state index contributed by atoms with van der Waals surface area (Å²) in [6.07, 6.45) is 4.86. The molecule has 1 aromatic carbocycles. The van der Waals surface area contributed by atoms with Crippen LogP contribution in [0.4, 0.5) is 0 Å². The molecule has 1 unspecified atom stereocenters. The normalized spacial score (nSPS) is 12.9. The van der Waals surface area contributed by atoms with E-state index < -0.39 is 0 Å². The Morgan fingerprint density at radius 2 is 2.11 bits per heavy atom. The number of likely N-dealkylation sites (N-methyl/N-ethyl adjacent to an activating group) is 1. The smallest absolute Gasteiger partial charge is 0.191 e. The maximum absolute atomic E-state index is 5.40. The molecule has 1 atom stereocenters. The number of hydrogen-bond acceptors (Lipinski definition) is 4. The monoisotopic (exact) mass is 372 g/mol. The second-order valence-electron chi connectivity index (χ2n) is 6.86. The zero-order chi connectivity index (χ0) is 19.8. The molecule has 0 aliphatic heterocycles. The van der Waals surface area contributed by atoms with Crippen LogP contribution < -0.4 is 15.4 Å². The molecule has 0 aliphatic carbocycles. The lowest BCUT2D eigenvalue weighted by molar-refractivity contribution is 0.298. The molecule has 27 heavy (non-hydrogen) atoms. The Morgan fingerprint density at radius 3 is 2.70 bits per heavy atom. The van der Waals surface area contributed by atoms with E-state index in [0.717, 1.165) is 36.8 Å². The zero-order valence-electron chi connectivity index (χ0n) is 17.3. The van der Waals surface area contributed by atoms with Crippen LogP contribution in [-0.4, -0.2) is 62.0 Å². The molecule has 0 aliphatic rings. The van der Waals surface area contributed by atoms with Gasteiger partial charge in [-0.25, -0.2) is 0 Å². The molecule has 7 nitrogen and oxygen atoms in total. The highest BCUT2D eigenvalue weighted by Gasteiger charge is 2.16. The summed E-state index contributed by atoms with van der Waals surface area (Å²) in [6, 6.07) is 6.55. The van der Waals surface area contributed by atoms with Crippen LogP contribution in [0.2, 0.25) is 0 Å². The number of hydrogen-bond donors (Lipinski definition) is 2. The van der Waals surface area contributed by atoms with Gasteiger partial charge in [-0.05, 0) is 44.6 Å². The van der Waals surface area contributed by atoms with Gasteiger partial charge in [-0.1, -0.05) is 12.1 Å². The Balaban J connectivity index is 1.86. The van der Waals surface area contributed by atoms with Gasteiger partial charge >= 0.3 is 0 Å². The van der Waals surface area contributed by atoms with Gasteiger partial charge in [0.2, 0.25) is 0 Å². The van der Waals surface area contributed by atoms with Crippen molar-refractivity contribution in [3.63, 3.8) is 0 Å². The van der Waals surface area contributed by atoms with Crippen molar-refractivity contribution in [2.75, 3.05) is 41.3 Å². The highest BCUT2D eigenvalue weighted by atomic mass is 16.5. The molecule has 2 rings (SSSR count). The van der Waals surface area contributed by atoms with E-state index in [4.69, 9.17) is 4.74 Å². The summed E-state index contributed by atoms with van der Waals surface area (Å²) >= 11 is 0. The van der Waals surface area contributed by atoms with Gasteiger partial charge in [0.05, 0.1) is 19.3 Å². The predicted molar refractivity (Wildman–Crippen MR) is 110 cm³/mol. The molecule has 0 radical (unpaired) electrons. The molecule has 2 N–H and O–H groups in total. The van der Waals surface area contributed by atoms with Crippen molar-refractivity contribution in [1.29, 1.82) is 0 Å². The average Bonchev–Trinajstić information content (AvgIpc) is 3.07. The predicted octanol–water partition coefficient (Wildman–Crippen LogP) is 1.75. The topological polar surface area (TPSA) is 66.7 Å². The molecule has 0 bridgehead atoms. The molecule has 0 spiro atoms. The first-order valence-corrected chi connectivity index (χ1v) is 9.17. The number of rotatable bonds is 8. The maximum atomic E-state index is 5.40. The Bertz CT molecular complexity index is 753. The number of ether oxygens (including phenoxy) is 1. The number of aromatic nitrogens is 2. The minimum Gasteiger partial charge on any atom is -0.496 e. The fourth-order valence-corrected chi connectivity index (χ4v) is 2.97. The average molecular weight is 373 g/mol. The number of benzene rings is 1. The van der Waals surface area contributed by atoms with E-state index in [1.807, 2.05) is 24.1 Å². The largest absolute Gasteiger partial charge is 0.496 e. The van der Waals surface area contributed by atoms with Crippen molar-refractivity contribution < 1.29 is 4.74 Å². The molecule has 0 amide bonds. The van der Waals surface area contributed by atoms with Crippen molar-refractivity contribution in [1.82, 2.24) is 25.3 Å². The lowest BCUT2D eigenvalue weighted by Gasteiger charge is -2.24. The number of nitrogens with zero attached hydrogens (tertiary/aromatic N) is 4. The zero-order valence-corrected chi connectivity index (χ0v) is 17.3. The highest BCUT2D eigenvalue weighted by molar-refractivity contribution is 5.79. The molecule has 148 valence electrons. The summed E-state index contributed by atoms with van der Waals surface area (Å²) in [5.74, 6) is 1.73. The molecule has 2 aromatic rings. The van der Waals surface area contributed by atoms with Crippen molar-refractivity contribution >= 4 is 5.96 Å². The van der Waals surface area contributed by atoms with Crippen LogP contribution in [0.3, 0.4) is 0 Å². The summed E-state index contributed by atoms with van der Waals surface area (Å²) in [4.78, 5) is 6.50. The van der Waals surface area contributed by atoms with Crippen LogP contribution in [0, 0.1) is 6.92 Å². The fraction of sp³-hybridized carbons (Fsp3) is 0.500. The lowest BCUT2D eigenvalue weighted by Crippen LogP contribution is -2.42. The summed E-state index contributed by atoms with van der Waals surface area (Å²) < 4.78 is 7.23. The quantitative estimate of drug-likeness (QED) is 0.546. The van der Waals surface area contributed by atoms with Gasteiger partial charge in [-0.3, -0.25) is 9.67 Å². The standard InChI is InChI=1S/C20H32N6O/c1-15-7-8-16(11-19(15)27-6)9-10-22-20(21-2)23-13-18(25(3)4)17-12-24-26(5)14-17/h7-8,11-12,14,18H,9-10,13H2,1-6H3,(H2,21,22,23). The van der Waals surface area contributed by atoms with E-state index in [0.29, 0.717) is 0 Å². The second kappa shape index (κ2) is 9.97. The van der Waals surface area contributed by atoms with Crippen molar-refractivity contribution in [3.05, 3.63) is 47.3 Å². The Labute approximate surface area is 162 Å². The maximum Gasteiger partial charge on any atom is 0.191 e. The summed E-state index contributed by atoms with van der Waals surface area (Å²) in [6.45, 7) is 3.60. The Hall–Kier alpha value is -2.54. The number of aliphatic imine (C=N–C) groups is 1. The summed E-state index contributed by atoms with van der Waals surface area (Å²) in [5, 5.41) is 11.1. The van der Waals surface area contributed by atoms with E-state index in [1.54, 1.807) is 14.2 Å². The Kier molecular flexibility index (Phi) is 7.67. The van der Waals surface area contributed by atoms with Gasteiger partial charge in [0, 0.05) is 38.9 Å². The first-order valence-electron chi connectivity index (χ1n) is 9.17. The van der Waals surface area contributed by atoms with E-state index in [2.05, 4.69) is 64.8 Å². The summed E-state index contributed by atoms with van der Waals surface area (Å²) in [7, 11) is 9.57. The van der Waals surface area contributed by atoms with Gasteiger partial charge in [-0.2, -0.15) is 5.10 Å². The van der Waals surface area contributed by atoms with E-state index >= 15 is 0 Å². The molecular weight excluding hydrogens is 340 g/mol. The van der Waals surface area contributed by atoms with Crippen LogP contribution in [-0.2, 0) is 13.5 Å². The first kappa shape index (κ1) is 20.8. The fourth-order valence-electron chi connectivity index (χ4n) is 2.97. The Morgan fingerprint density at radius 1 is 1.33 bits per heavy atom.